The summed E-state index contributed by atoms with van der Waals surface area (Å²) in [6, 6.07) is 4.57. The fraction of sp³-hybridized carbons (Fsp3) is 0.462. The molecule has 0 saturated heterocycles. The van der Waals surface area contributed by atoms with Crippen molar-refractivity contribution in [3.8, 4) is 0 Å². The van der Waals surface area contributed by atoms with Gasteiger partial charge in [0.25, 0.3) is 5.91 Å². The van der Waals surface area contributed by atoms with E-state index in [4.69, 9.17) is 4.74 Å². The molecule has 0 unspecified atom stereocenters. The Morgan fingerprint density at radius 1 is 1.56 bits per heavy atom. The van der Waals surface area contributed by atoms with Crippen molar-refractivity contribution in [3.63, 3.8) is 0 Å². The number of rotatable bonds is 4. The second-order valence-corrected chi connectivity index (χ2v) is 5.11. The molecule has 1 aromatic carbocycles. The highest BCUT2D eigenvalue weighted by molar-refractivity contribution is 9.10. The number of halogens is 2. The highest BCUT2D eigenvalue weighted by Crippen LogP contribution is 2.25. The van der Waals surface area contributed by atoms with Gasteiger partial charge in [-0.15, -0.1) is 0 Å². The molecule has 0 atom stereocenters. The van der Waals surface area contributed by atoms with Gasteiger partial charge >= 0.3 is 0 Å². The standard InChI is InChI=1S/C13H15BrFNO2/c1-2-18-9-6-8(7-9)16-13(17)10-4-3-5-11(15)12(10)14/h3-5,8-9H,2,6-7H2,1H3,(H,16,17). The van der Waals surface area contributed by atoms with Crippen molar-refractivity contribution in [1.82, 2.24) is 5.32 Å². The van der Waals surface area contributed by atoms with Gasteiger partial charge in [0.2, 0.25) is 0 Å². The Labute approximate surface area is 114 Å². The summed E-state index contributed by atoms with van der Waals surface area (Å²) in [4.78, 5) is 11.9. The van der Waals surface area contributed by atoms with E-state index in [9.17, 15) is 9.18 Å². The third kappa shape index (κ3) is 2.90. The van der Waals surface area contributed by atoms with Crippen molar-refractivity contribution in [2.45, 2.75) is 31.9 Å². The van der Waals surface area contributed by atoms with Crippen LogP contribution in [0.1, 0.15) is 30.1 Å². The first-order valence-electron chi connectivity index (χ1n) is 5.98. The predicted molar refractivity (Wildman–Crippen MR) is 70.0 cm³/mol. The average Bonchev–Trinajstić information content (AvgIpc) is 2.30. The number of benzene rings is 1. The third-order valence-electron chi connectivity index (χ3n) is 3.03. The summed E-state index contributed by atoms with van der Waals surface area (Å²) in [6.45, 7) is 2.65. The first kappa shape index (κ1) is 13.5. The van der Waals surface area contributed by atoms with E-state index in [0.29, 0.717) is 12.2 Å². The van der Waals surface area contributed by atoms with Gasteiger partial charge in [-0.2, -0.15) is 0 Å². The maximum absolute atomic E-state index is 13.3. The molecule has 1 fully saturated rings. The van der Waals surface area contributed by atoms with E-state index in [0.717, 1.165) is 12.8 Å². The van der Waals surface area contributed by atoms with Crippen LogP contribution in [-0.4, -0.2) is 24.7 Å². The second kappa shape index (κ2) is 5.80. The fourth-order valence-electron chi connectivity index (χ4n) is 2.00. The summed E-state index contributed by atoms with van der Waals surface area (Å²) >= 11 is 3.09. The van der Waals surface area contributed by atoms with Gasteiger partial charge in [-0.25, -0.2) is 4.39 Å². The summed E-state index contributed by atoms with van der Waals surface area (Å²) in [5, 5.41) is 2.87. The third-order valence-corrected chi connectivity index (χ3v) is 3.83. The van der Waals surface area contributed by atoms with Crippen LogP contribution < -0.4 is 5.32 Å². The van der Waals surface area contributed by atoms with Gasteiger partial charge in [-0.3, -0.25) is 4.79 Å². The van der Waals surface area contributed by atoms with E-state index in [1.807, 2.05) is 6.92 Å². The van der Waals surface area contributed by atoms with Crippen LogP contribution in [0.5, 0.6) is 0 Å². The lowest BCUT2D eigenvalue weighted by atomic mass is 9.89. The molecule has 2 rings (SSSR count). The Hall–Kier alpha value is -0.940. The van der Waals surface area contributed by atoms with Crippen molar-refractivity contribution < 1.29 is 13.9 Å². The smallest absolute Gasteiger partial charge is 0.252 e. The fourth-order valence-corrected chi connectivity index (χ4v) is 2.44. The minimum Gasteiger partial charge on any atom is -0.378 e. The van der Waals surface area contributed by atoms with Crippen LogP contribution in [-0.2, 0) is 4.74 Å². The zero-order chi connectivity index (χ0) is 13.1. The zero-order valence-electron chi connectivity index (χ0n) is 10.1. The SMILES string of the molecule is CCOC1CC(NC(=O)c2cccc(F)c2Br)C1. The van der Waals surface area contributed by atoms with Gasteiger partial charge in [0.1, 0.15) is 5.82 Å². The molecule has 98 valence electrons. The molecule has 1 saturated carbocycles. The minimum atomic E-state index is -0.427. The number of hydrogen-bond acceptors (Lipinski definition) is 2. The monoisotopic (exact) mass is 315 g/mol. The second-order valence-electron chi connectivity index (χ2n) is 4.32. The number of carbonyl (C=O) groups is 1. The van der Waals surface area contributed by atoms with E-state index in [1.165, 1.54) is 12.1 Å². The average molecular weight is 316 g/mol. The molecule has 0 radical (unpaired) electrons. The summed E-state index contributed by atoms with van der Waals surface area (Å²) in [7, 11) is 0. The lowest BCUT2D eigenvalue weighted by molar-refractivity contribution is -0.00863. The summed E-state index contributed by atoms with van der Waals surface area (Å²) in [6.07, 6.45) is 1.90. The molecule has 1 N–H and O–H groups in total. The van der Waals surface area contributed by atoms with E-state index in [2.05, 4.69) is 21.2 Å². The van der Waals surface area contributed by atoms with Gasteiger partial charge in [-0.1, -0.05) is 6.07 Å². The van der Waals surface area contributed by atoms with E-state index in [1.54, 1.807) is 6.07 Å². The maximum atomic E-state index is 13.3. The molecule has 1 aliphatic carbocycles. The molecule has 1 aromatic rings. The van der Waals surface area contributed by atoms with Crippen molar-refractivity contribution in [2.75, 3.05) is 6.61 Å². The molecular weight excluding hydrogens is 301 g/mol. The lowest BCUT2D eigenvalue weighted by Crippen LogP contribution is -2.47. The molecule has 0 aliphatic heterocycles. The Bertz CT molecular complexity index is 447. The normalized spacial score (nSPS) is 22.4. The first-order valence-corrected chi connectivity index (χ1v) is 6.77. The number of nitrogens with one attached hydrogen (secondary N) is 1. The van der Waals surface area contributed by atoms with Crippen molar-refractivity contribution >= 4 is 21.8 Å². The number of hydrogen-bond donors (Lipinski definition) is 1. The molecule has 18 heavy (non-hydrogen) atoms. The lowest BCUT2D eigenvalue weighted by Gasteiger charge is -2.35. The molecular formula is C13H15BrFNO2. The first-order chi connectivity index (χ1) is 8.61. The Kier molecular flexibility index (Phi) is 4.35. The Morgan fingerprint density at radius 3 is 2.94 bits per heavy atom. The summed E-state index contributed by atoms with van der Waals surface area (Å²) < 4.78 is 18.9. The van der Waals surface area contributed by atoms with Gasteiger partial charge in [0, 0.05) is 12.6 Å². The van der Waals surface area contributed by atoms with Crippen LogP contribution in [0.15, 0.2) is 22.7 Å². The predicted octanol–water partition coefficient (Wildman–Crippen LogP) is 2.89. The summed E-state index contributed by atoms with van der Waals surface area (Å²) in [5.74, 6) is -0.676. The van der Waals surface area contributed by atoms with E-state index in [-0.39, 0.29) is 22.5 Å². The van der Waals surface area contributed by atoms with Crippen LogP contribution in [0.4, 0.5) is 4.39 Å². The van der Waals surface area contributed by atoms with Gasteiger partial charge in [0.05, 0.1) is 16.1 Å². The van der Waals surface area contributed by atoms with Crippen LogP contribution >= 0.6 is 15.9 Å². The van der Waals surface area contributed by atoms with Gasteiger partial charge in [0.15, 0.2) is 0 Å². The van der Waals surface area contributed by atoms with Crippen molar-refractivity contribution in [1.29, 1.82) is 0 Å². The van der Waals surface area contributed by atoms with E-state index >= 15 is 0 Å². The molecule has 1 amide bonds. The number of carbonyl (C=O) groups excluding carboxylic acids is 1. The summed E-state index contributed by atoms with van der Waals surface area (Å²) in [5.41, 5.74) is 0.329. The zero-order valence-corrected chi connectivity index (χ0v) is 11.7. The molecule has 3 nitrogen and oxygen atoms in total. The van der Waals surface area contributed by atoms with Crippen LogP contribution in [0.2, 0.25) is 0 Å². The topological polar surface area (TPSA) is 38.3 Å². The Balaban J connectivity index is 1.91. The molecule has 5 heteroatoms. The van der Waals surface area contributed by atoms with Crippen molar-refractivity contribution in [3.05, 3.63) is 34.1 Å². The quantitative estimate of drug-likeness (QED) is 0.927. The molecule has 1 aliphatic rings. The maximum Gasteiger partial charge on any atom is 0.252 e. The van der Waals surface area contributed by atoms with Gasteiger partial charge < -0.3 is 10.1 Å². The number of amides is 1. The van der Waals surface area contributed by atoms with Gasteiger partial charge in [-0.05, 0) is 47.8 Å². The van der Waals surface area contributed by atoms with Crippen molar-refractivity contribution in [2.24, 2.45) is 0 Å². The highest BCUT2D eigenvalue weighted by Gasteiger charge is 2.31. The number of ether oxygens (including phenoxy) is 1. The van der Waals surface area contributed by atoms with Crippen LogP contribution in [0.25, 0.3) is 0 Å². The minimum absolute atomic E-state index is 0.129. The van der Waals surface area contributed by atoms with Crippen LogP contribution in [0, 0.1) is 5.82 Å². The largest absolute Gasteiger partial charge is 0.378 e. The molecule has 0 aromatic heterocycles. The molecule has 0 bridgehead atoms. The molecule has 0 spiro atoms. The van der Waals surface area contributed by atoms with E-state index < -0.39 is 5.82 Å². The van der Waals surface area contributed by atoms with Crippen LogP contribution in [0.3, 0.4) is 0 Å². The Morgan fingerprint density at radius 2 is 2.28 bits per heavy atom. The molecule has 0 heterocycles. The highest BCUT2D eigenvalue weighted by atomic mass is 79.9.